The lowest BCUT2D eigenvalue weighted by molar-refractivity contribution is 0.0970. The number of rotatable bonds is 3. The van der Waals surface area contributed by atoms with E-state index in [1.54, 1.807) is 37.3 Å². The largest absolute Gasteiger partial charge is 0.496 e. The van der Waals surface area contributed by atoms with E-state index >= 15 is 0 Å². The molecule has 0 aliphatic carbocycles. The lowest BCUT2D eigenvalue weighted by Gasteiger charge is -2.30. The summed E-state index contributed by atoms with van der Waals surface area (Å²) in [5, 5.41) is 0. The van der Waals surface area contributed by atoms with E-state index in [2.05, 4.69) is 0 Å². The van der Waals surface area contributed by atoms with Crippen molar-refractivity contribution in [3.8, 4) is 17.2 Å². The van der Waals surface area contributed by atoms with Gasteiger partial charge in [-0.2, -0.15) is 0 Å². The Bertz CT molecular complexity index is 720. The smallest absolute Gasteiger partial charge is 0.266 e. The number of aryl methyl sites for hydroxylation is 1. The first kappa shape index (κ1) is 15.2. The molecule has 0 saturated heterocycles. The van der Waals surface area contributed by atoms with E-state index in [0.29, 0.717) is 36.0 Å². The van der Waals surface area contributed by atoms with Crippen molar-refractivity contribution in [2.24, 2.45) is 0 Å². The average molecular weight is 313 g/mol. The van der Waals surface area contributed by atoms with Gasteiger partial charge < -0.3 is 19.1 Å². The van der Waals surface area contributed by atoms with Crippen LogP contribution in [0.5, 0.6) is 17.2 Å². The van der Waals surface area contributed by atoms with Gasteiger partial charge in [0.15, 0.2) is 0 Å². The van der Waals surface area contributed by atoms with Gasteiger partial charge in [-0.1, -0.05) is 12.1 Å². The minimum absolute atomic E-state index is 0.158. The number of anilines is 1. The first-order valence-electron chi connectivity index (χ1n) is 7.42. The van der Waals surface area contributed by atoms with E-state index in [4.69, 9.17) is 14.2 Å². The van der Waals surface area contributed by atoms with Gasteiger partial charge in [0.25, 0.3) is 5.91 Å². The van der Waals surface area contributed by atoms with Gasteiger partial charge in [-0.05, 0) is 36.8 Å². The van der Waals surface area contributed by atoms with Gasteiger partial charge >= 0.3 is 0 Å². The fourth-order valence-corrected chi connectivity index (χ4v) is 2.74. The maximum Gasteiger partial charge on any atom is 0.266 e. The topological polar surface area (TPSA) is 48.0 Å². The Balaban J connectivity index is 2.08. The molecular formula is C18H19NO4. The van der Waals surface area contributed by atoms with Crippen molar-refractivity contribution in [2.45, 2.75) is 6.92 Å². The molecule has 0 fully saturated rings. The number of nitrogens with zero attached hydrogens (tertiary/aromatic N) is 1. The lowest BCUT2D eigenvalue weighted by Crippen LogP contribution is -2.38. The monoisotopic (exact) mass is 313 g/mol. The van der Waals surface area contributed by atoms with Crippen LogP contribution in [0.25, 0.3) is 0 Å². The lowest BCUT2D eigenvalue weighted by atomic mass is 10.1. The number of benzene rings is 2. The average Bonchev–Trinajstić information content (AvgIpc) is 2.59. The summed E-state index contributed by atoms with van der Waals surface area (Å²) in [7, 11) is 3.09. The standard InChI is InChI=1S/C18H19NO4/c1-12-7-8-14-13(11-12)19(9-10-23-14)18(20)17-15(21-2)5-4-6-16(17)22-3/h4-8,11H,9-10H2,1-3H3. The quantitative estimate of drug-likeness (QED) is 0.874. The summed E-state index contributed by atoms with van der Waals surface area (Å²) >= 11 is 0. The summed E-state index contributed by atoms with van der Waals surface area (Å²) in [6, 6.07) is 11.1. The van der Waals surface area contributed by atoms with Crippen LogP contribution in [0.15, 0.2) is 36.4 Å². The van der Waals surface area contributed by atoms with E-state index in [0.717, 1.165) is 11.3 Å². The molecule has 0 atom stereocenters. The van der Waals surface area contributed by atoms with Crippen LogP contribution in [-0.4, -0.2) is 33.3 Å². The van der Waals surface area contributed by atoms with E-state index in [1.165, 1.54) is 0 Å². The Hall–Kier alpha value is -2.69. The van der Waals surface area contributed by atoms with Crippen LogP contribution in [0, 0.1) is 6.92 Å². The molecule has 2 aromatic carbocycles. The number of hydrogen-bond donors (Lipinski definition) is 0. The molecule has 2 aromatic rings. The van der Waals surface area contributed by atoms with Crippen molar-refractivity contribution >= 4 is 11.6 Å². The first-order valence-corrected chi connectivity index (χ1v) is 7.42. The van der Waals surface area contributed by atoms with Crippen LogP contribution in [-0.2, 0) is 0 Å². The third kappa shape index (κ3) is 2.70. The van der Waals surface area contributed by atoms with Gasteiger partial charge in [0.2, 0.25) is 0 Å². The SMILES string of the molecule is COc1cccc(OC)c1C(=O)N1CCOc2ccc(C)cc21. The van der Waals surface area contributed by atoms with Crippen LogP contribution >= 0.6 is 0 Å². The predicted molar refractivity (Wildman–Crippen MR) is 87.9 cm³/mol. The molecule has 0 N–H and O–H groups in total. The molecule has 1 amide bonds. The first-order chi connectivity index (χ1) is 11.2. The van der Waals surface area contributed by atoms with Crippen molar-refractivity contribution in [1.29, 1.82) is 0 Å². The third-order valence-corrected chi connectivity index (χ3v) is 3.86. The number of carbonyl (C=O) groups excluding carboxylic acids is 1. The summed E-state index contributed by atoms with van der Waals surface area (Å²) in [5.41, 5.74) is 2.26. The zero-order valence-corrected chi connectivity index (χ0v) is 13.5. The zero-order valence-electron chi connectivity index (χ0n) is 13.5. The van der Waals surface area contributed by atoms with Gasteiger partial charge in [0.05, 0.1) is 26.5 Å². The Morgan fingerprint density at radius 2 is 1.83 bits per heavy atom. The second kappa shape index (κ2) is 6.20. The van der Waals surface area contributed by atoms with E-state index < -0.39 is 0 Å². The number of hydrogen-bond acceptors (Lipinski definition) is 4. The highest BCUT2D eigenvalue weighted by molar-refractivity contribution is 6.10. The summed E-state index contributed by atoms with van der Waals surface area (Å²) < 4.78 is 16.4. The zero-order chi connectivity index (χ0) is 16.4. The highest BCUT2D eigenvalue weighted by Crippen LogP contribution is 2.36. The Morgan fingerprint density at radius 1 is 1.13 bits per heavy atom. The maximum atomic E-state index is 13.1. The van der Waals surface area contributed by atoms with Crippen molar-refractivity contribution in [1.82, 2.24) is 0 Å². The number of carbonyl (C=O) groups is 1. The molecular weight excluding hydrogens is 294 g/mol. The van der Waals surface area contributed by atoms with Crippen LogP contribution in [0.4, 0.5) is 5.69 Å². The molecule has 23 heavy (non-hydrogen) atoms. The van der Waals surface area contributed by atoms with Crippen molar-refractivity contribution in [3.05, 3.63) is 47.5 Å². The van der Waals surface area contributed by atoms with E-state index in [1.807, 2.05) is 25.1 Å². The highest BCUT2D eigenvalue weighted by atomic mass is 16.5. The molecule has 1 aliphatic rings. The molecule has 120 valence electrons. The van der Waals surface area contributed by atoms with E-state index in [-0.39, 0.29) is 5.91 Å². The Labute approximate surface area is 135 Å². The summed E-state index contributed by atoms with van der Waals surface area (Å²) in [5.74, 6) is 1.55. The number of amides is 1. The number of methoxy groups -OCH3 is 2. The van der Waals surface area contributed by atoms with Gasteiger partial charge in [-0.3, -0.25) is 4.79 Å². The van der Waals surface area contributed by atoms with Gasteiger partial charge in [-0.25, -0.2) is 0 Å². The molecule has 0 spiro atoms. The highest BCUT2D eigenvalue weighted by Gasteiger charge is 2.29. The summed E-state index contributed by atoms with van der Waals surface area (Å²) in [6.07, 6.45) is 0. The summed E-state index contributed by atoms with van der Waals surface area (Å²) in [6.45, 7) is 2.93. The molecule has 0 radical (unpaired) electrons. The molecule has 5 heteroatoms. The van der Waals surface area contributed by atoms with Crippen LogP contribution in [0.2, 0.25) is 0 Å². The molecule has 5 nitrogen and oxygen atoms in total. The normalized spacial score (nSPS) is 13.1. The minimum atomic E-state index is -0.158. The predicted octanol–water partition coefficient (Wildman–Crippen LogP) is 3.05. The number of ether oxygens (including phenoxy) is 3. The van der Waals surface area contributed by atoms with Crippen molar-refractivity contribution in [3.63, 3.8) is 0 Å². The Kier molecular flexibility index (Phi) is 4.10. The number of fused-ring (bicyclic) bond motifs is 1. The minimum Gasteiger partial charge on any atom is -0.496 e. The fourth-order valence-electron chi connectivity index (χ4n) is 2.74. The molecule has 0 aromatic heterocycles. The van der Waals surface area contributed by atoms with Crippen LogP contribution in [0.3, 0.4) is 0 Å². The third-order valence-electron chi connectivity index (χ3n) is 3.86. The molecule has 1 aliphatic heterocycles. The molecule has 0 saturated carbocycles. The molecule has 3 rings (SSSR count). The van der Waals surface area contributed by atoms with Gasteiger partial charge in [0, 0.05) is 0 Å². The van der Waals surface area contributed by atoms with E-state index in [9.17, 15) is 4.79 Å². The Morgan fingerprint density at radius 3 is 2.48 bits per heavy atom. The second-order valence-corrected chi connectivity index (χ2v) is 5.31. The van der Waals surface area contributed by atoms with Crippen LogP contribution < -0.4 is 19.1 Å². The molecule has 1 heterocycles. The van der Waals surface area contributed by atoms with Gasteiger partial charge in [0.1, 0.15) is 29.4 Å². The molecule has 0 bridgehead atoms. The van der Waals surface area contributed by atoms with Crippen molar-refractivity contribution in [2.75, 3.05) is 32.3 Å². The fraction of sp³-hybridized carbons (Fsp3) is 0.278. The van der Waals surface area contributed by atoms with Crippen LogP contribution in [0.1, 0.15) is 15.9 Å². The molecule has 0 unspecified atom stereocenters. The summed E-state index contributed by atoms with van der Waals surface area (Å²) in [4.78, 5) is 14.9. The second-order valence-electron chi connectivity index (χ2n) is 5.31. The van der Waals surface area contributed by atoms with Gasteiger partial charge in [-0.15, -0.1) is 0 Å². The maximum absolute atomic E-state index is 13.1. The van der Waals surface area contributed by atoms with Crippen molar-refractivity contribution < 1.29 is 19.0 Å².